The van der Waals surface area contributed by atoms with E-state index in [0.717, 1.165) is 27.6 Å². The number of hydrogen-bond donors (Lipinski definition) is 1. The van der Waals surface area contributed by atoms with Crippen LogP contribution in [0.15, 0.2) is 51.3 Å². The van der Waals surface area contributed by atoms with E-state index in [0.29, 0.717) is 5.69 Å². The van der Waals surface area contributed by atoms with Crippen molar-refractivity contribution in [3.05, 3.63) is 63.2 Å². The molecule has 0 saturated heterocycles. The Morgan fingerprint density at radius 2 is 1.94 bits per heavy atom. The van der Waals surface area contributed by atoms with Crippen LogP contribution in [0.2, 0.25) is 10.0 Å². The maximum atomic E-state index is 14.3. The Balaban J connectivity index is 1.69. The average Bonchev–Trinajstić information content (AvgIpc) is 3.28. The maximum absolute atomic E-state index is 14.3. The number of sulfonamides is 1. The van der Waals surface area contributed by atoms with Crippen molar-refractivity contribution in [2.45, 2.75) is 11.9 Å². The fourth-order valence-corrected chi connectivity index (χ4v) is 5.33. The molecule has 0 radical (unpaired) electrons. The van der Waals surface area contributed by atoms with Gasteiger partial charge in [-0.1, -0.05) is 40.9 Å². The summed E-state index contributed by atoms with van der Waals surface area (Å²) in [5.41, 5.74) is 1.31. The highest BCUT2D eigenvalue weighted by Gasteiger charge is 2.34. The molecular weight excluding hydrogens is 490 g/mol. The summed E-state index contributed by atoms with van der Waals surface area (Å²) in [6.07, 6.45) is 0. The fraction of sp³-hybridized carbons (Fsp3) is 0.0556. The first-order valence-electron chi connectivity index (χ1n) is 8.45. The van der Waals surface area contributed by atoms with Crippen LogP contribution in [0.1, 0.15) is 5.56 Å². The number of nitrogens with zero attached hydrogens (tertiary/aromatic N) is 3. The highest BCUT2D eigenvalue weighted by molar-refractivity contribution is 7.92. The predicted octanol–water partition coefficient (Wildman–Crippen LogP) is 3.70. The largest absolute Gasteiger partial charge is 0.538 e. The normalized spacial score (nSPS) is 11.6. The second-order valence-electron chi connectivity index (χ2n) is 6.30. The summed E-state index contributed by atoms with van der Waals surface area (Å²) in [6.45, 7) is 1.85. The molecule has 0 spiro atoms. The molecule has 160 valence electrons. The van der Waals surface area contributed by atoms with Gasteiger partial charge in [-0.05, 0) is 23.7 Å². The summed E-state index contributed by atoms with van der Waals surface area (Å²) >= 11 is 12.7. The van der Waals surface area contributed by atoms with Crippen molar-refractivity contribution in [2.24, 2.45) is 0 Å². The molecule has 8 nitrogen and oxygen atoms in total. The number of anilines is 1. The monoisotopic (exact) mass is 500 g/mol. The molecule has 0 saturated carbocycles. The molecule has 0 aliphatic carbocycles. The molecule has 0 fully saturated rings. The number of benzene rings is 2. The van der Waals surface area contributed by atoms with Gasteiger partial charge in [-0.3, -0.25) is 0 Å². The number of aryl methyl sites for hydroxylation is 1. The third-order valence-electron chi connectivity index (χ3n) is 4.09. The van der Waals surface area contributed by atoms with Gasteiger partial charge in [0.25, 0.3) is 0 Å². The number of thiazole rings is 1. The highest BCUT2D eigenvalue weighted by Crippen LogP contribution is 2.35. The minimum atomic E-state index is -4.44. The summed E-state index contributed by atoms with van der Waals surface area (Å²) in [5.74, 6) is -1.87. The number of hydrogen-bond acceptors (Lipinski definition) is 7. The minimum Gasteiger partial charge on any atom is -0.538 e. The van der Waals surface area contributed by atoms with E-state index < -0.39 is 26.8 Å². The summed E-state index contributed by atoms with van der Waals surface area (Å²) in [4.78, 5) is 4.07. The van der Waals surface area contributed by atoms with Crippen molar-refractivity contribution < 1.29 is 27.1 Å². The topological polar surface area (TPSA) is 112 Å². The molecule has 13 heteroatoms. The molecule has 2 heterocycles. The Morgan fingerprint density at radius 1 is 1.23 bits per heavy atom. The molecule has 4 rings (SSSR count). The fourth-order valence-electron chi connectivity index (χ4n) is 2.70. The summed E-state index contributed by atoms with van der Waals surface area (Å²) in [6, 6.07) is 9.03. The van der Waals surface area contributed by atoms with Gasteiger partial charge in [0.15, 0.2) is 11.1 Å². The molecule has 0 amide bonds. The first kappa shape index (κ1) is 21.5. The maximum Gasteiger partial charge on any atom is 0.373 e. The molecule has 0 aliphatic heterocycles. The van der Waals surface area contributed by atoms with E-state index in [2.05, 4.69) is 19.5 Å². The Labute approximate surface area is 189 Å². The van der Waals surface area contributed by atoms with Gasteiger partial charge in [0.1, 0.15) is 5.82 Å². The van der Waals surface area contributed by atoms with Crippen molar-refractivity contribution in [3.63, 3.8) is 0 Å². The molecule has 0 aliphatic rings. The van der Waals surface area contributed by atoms with E-state index in [4.69, 9.17) is 23.2 Å². The van der Waals surface area contributed by atoms with Gasteiger partial charge >= 0.3 is 15.0 Å². The quantitative estimate of drug-likeness (QED) is 0.418. The second kappa shape index (κ2) is 8.08. The molecule has 2 aromatic carbocycles. The van der Waals surface area contributed by atoms with Crippen LogP contribution in [-0.2, 0) is 10.0 Å². The summed E-state index contributed by atoms with van der Waals surface area (Å²) in [7, 11) is -4.44. The Bertz CT molecular complexity index is 1370. The summed E-state index contributed by atoms with van der Waals surface area (Å²) < 4.78 is 47.7. The van der Waals surface area contributed by atoms with Gasteiger partial charge in [0, 0.05) is 22.5 Å². The molecular formula is C18H11Cl2FN4O4S2. The zero-order valence-electron chi connectivity index (χ0n) is 15.5. The van der Waals surface area contributed by atoms with Crippen molar-refractivity contribution in [1.82, 2.24) is 10.3 Å². The number of aromatic nitrogens is 3. The van der Waals surface area contributed by atoms with Crippen LogP contribution in [0.5, 0.6) is 5.95 Å². The first-order chi connectivity index (χ1) is 14.7. The molecule has 31 heavy (non-hydrogen) atoms. The Kier molecular flexibility index (Phi) is 5.60. The van der Waals surface area contributed by atoms with Crippen molar-refractivity contribution in [3.8, 4) is 22.9 Å². The van der Waals surface area contributed by atoms with Crippen LogP contribution in [-0.4, -0.2) is 18.7 Å². The van der Waals surface area contributed by atoms with Gasteiger partial charge < -0.3 is 9.63 Å². The van der Waals surface area contributed by atoms with Gasteiger partial charge in [-0.15, -0.1) is 11.3 Å². The van der Waals surface area contributed by atoms with E-state index in [1.54, 1.807) is 24.3 Å². The Hall–Kier alpha value is -2.73. The molecule has 4 aromatic rings. The second-order valence-corrected chi connectivity index (χ2v) is 9.60. The van der Waals surface area contributed by atoms with Gasteiger partial charge in [-0.25, -0.2) is 14.1 Å². The number of rotatable bonds is 5. The average molecular weight is 501 g/mol. The van der Waals surface area contributed by atoms with Crippen LogP contribution in [0, 0.1) is 12.7 Å². The van der Waals surface area contributed by atoms with Gasteiger partial charge in [-0.2, -0.15) is 8.42 Å². The van der Waals surface area contributed by atoms with Crippen LogP contribution < -0.4 is 14.5 Å². The zero-order valence-corrected chi connectivity index (χ0v) is 18.6. The van der Waals surface area contributed by atoms with E-state index in [1.807, 2.05) is 6.92 Å². The van der Waals surface area contributed by atoms with Crippen molar-refractivity contribution in [1.29, 1.82) is 0 Å². The zero-order chi connectivity index (χ0) is 22.3. The minimum absolute atomic E-state index is 0.0165. The molecule has 2 aromatic heterocycles. The standard InChI is InChI=1S/C18H11Cl2FN4O4S2/c1-9-2-4-11(5-3-9)25-16(17(26)29-24-25)31(27,28)23-18-22-14(8-30-18)15-12(20)6-10(19)7-13(15)21/h2-8H,1H3,(H-,22,23,24,26). The summed E-state index contributed by atoms with van der Waals surface area (Å²) in [5, 5.41) is 16.3. The lowest BCUT2D eigenvalue weighted by atomic mass is 10.1. The smallest absolute Gasteiger partial charge is 0.373 e. The lowest BCUT2D eigenvalue weighted by molar-refractivity contribution is -0.706. The number of halogens is 3. The first-order valence-corrected chi connectivity index (χ1v) is 11.6. The van der Waals surface area contributed by atoms with Gasteiger partial charge in [0.05, 0.1) is 21.6 Å². The van der Waals surface area contributed by atoms with Crippen LogP contribution >= 0.6 is 34.5 Å². The molecule has 0 atom stereocenters. The van der Waals surface area contributed by atoms with E-state index in [9.17, 15) is 17.9 Å². The van der Waals surface area contributed by atoms with Crippen LogP contribution in [0.25, 0.3) is 16.9 Å². The predicted molar refractivity (Wildman–Crippen MR) is 111 cm³/mol. The van der Waals surface area contributed by atoms with Crippen molar-refractivity contribution >= 4 is 49.7 Å². The van der Waals surface area contributed by atoms with Crippen molar-refractivity contribution in [2.75, 3.05) is 4.72 Å². The molecule has 1 N–H and O–H groups in total. The Morgan fingerprint density at radius 3 is 2.61 bits per heavy atom. The highest BCUT2D eigenvalue weighted by atomic mass is 35.5. The molecule has 0 bridgehead atoms. The third-order valence-corrected chi connectivity index (χ3v) is 6.81. The van der Waals surface area contributed by atoms with Crippen LogP contribution in [0.3, 0.4) is 0 Å². The lowest BCUT2D eigenvalue weighted by Crippen LogP contribution is -2.40. The lowest BCUT2D eigenvalue weighted by Gasteiger charge is -2.04. The molecule has 0 unspecified atom stereocenters. The van der Waals surface area contributed by atoms with Gasteiger partial charge in [0.2, 0.25) is 5.69 Å². The van der Waals surface area contributed by atoms with Crippen LogP contribution in [0.4, 0.5) is 9.52 Å². The van der Waals surface area contributed by atoms with E-state index in [-0.39, 0.29) is 26.4 Å². The van der Waals surface area contributed by atoms with E-state index >= 15 is 0 Å². The third kappa shape index (κ3) is 4.22. The number of nitrogens with one attached hydrogen (secondary N) is 1. The SMILES string of the molecule is Cc1ccc(-[n+]2noc([O-])c2S(=O)(=O)Nc2nc(-c3c(F)cc(Cl)cc3Cl)cs2)cc1. The van der Waals surface area contributed by atoms with E-state index in [1.165, 1.54) is 11.4 Å².